The van der Waals surface area contributed by atoms with Crippen molar-refractivity contribution in [1.82, 2.24) is 5.32 Å². The molecular weight excluding hydrogens is 367 g/mol. The van der Waals surface area contributed by atoms with E-state index in [0.29, 0.717) is 11.3 Å². The van der Waals surface area contributed by atoms with Crippen molar-refractivity contribution in [3.05, 3.63) is 71.8 Å². The van der Waals surface area contributed by atoms with Crippen molar-refractivity contribution < 1.29 is 22.7 Å². The van der Waals surface area contributed by atoms with Gasteiger partial charge in [-0.3, -0.25) is 4.79 Å². The van der Waals surface area contributed by atoms with Crippen LogP contribution in [0.3, 0.4) is 0 Å². The van der Waals surface area contributed by atoms with E-state index < -0.39 is 17.8 Å². The molecule has 0 bridgehead atoms. The minimum atomic E-state index is -4.40. The lowest BCUT2D eigenvalue weighted by molar-refractivity contribution is -0.137. The van der Waals surface area contributed by atoms with E-state index in [4.69, 9.17) is 11.2 Å². The number of nitrogens with one attached hydrogen (secondary N) is 1. The predicted octanol–water partition coefficient (Wildman–Crippen LogP) is 5.40. The molecular formula is C22H16F3NO2. The van der Waals surface area contributed by atoms with Gasteiger partial charge in [0.1, 0.15) is 11.5 Å². The molecule has 0 aliphatic rings. The molecule has 0 heterocycles. The number of hydrogen-bond acceptors (Lipinski definition) is 2. The summed E-state index contributed by atoms with van der Waals surface area (Å²) >= 11 is 0. The number of amides is 1. The summed E-state index contributed by atoms with van der Waals surface area (Å²) in [5.41, 5.74) is -0.295. The molecule has 3 aromatic carbocycles. The van der Waals surface area contributed by atoms with E-state index in [1.54, 1.807) is 37.3 Å². The molecule has 1 atom stereocenters. The van der Waals surface area contributed by atoms with Gasteiger partial charge < -0.3 is 10.1 Å². The first-order chi connectivity index (χ1) is 13.3. The molecule has 0 aliphatic carbocycles. The van der Waals surface area contributed by atoms with Crippen molar-refractivity contribution in [2.24, 2.45) is 0 Å². The summed E-state index contributed by atoms with van der Waals surface area (Å²) in [6, 6.07) is 14.4. The molecule has 0 saturated carbocycles. The smallest absolute Gasteiger partial charge is 0.416 e. The lowest BCUT2D eigenvalue weighted by Crippen LogP contribution is -2.31. The van der Waals surface area contributed by atoms with E-state index in [-0.39, 0.29) is 11.7 Å². The van der Waals surface area contributed by atoms with Crippen LogP contribution in [-0.4, -0.2) is 11.9 Å². The Balaban J connectivity index is 1.87. The van der Waals surface area contributed by atoms with Crippen molar-refractivity contribution in [3.63, 3.8) is 0 Å². The fraction of sp³-hybridized carbons (Fsp3) is 0.136. The van der Waals surface area contributed by atoms with Crippen LogP contribution < -0.4 is 10.1 Å². The predicted molar refractivity (Wildman–Crippen MR) is 101 cm³/mol. The van der Waals surface area contributed by atoms with Gasteiger partial charge in [0.15, 0.2) is 0 Å². The maximum atomic E-state index is 12.7. The number of benzene rings is 3. The zero-order chi connectivity index (χ0) is 20.3. The molecule has 0 spiro atoms. The van der Waals surface area contributed by atoms with Gasteiger partial charge in [-0.05, 0) is 60.8 Å². The van der Waals surface area contributed by atoms with Gasteiger partial charge in [-0.1, -0.05) is 18.1 Å². The summed E-state index contributed by atoms with van der Waals surface area (Å²) in [4.78, 5) is 12.2. The molecule has 0 aliphatic heterocycles. The van der Waals surface area contributed by atoms with Crippen LogP contribution in [0, 0.1) is 12.3 Å². The Morgan fingerprint density at radius 3 is 2.46 bits per heavy atom. The first-order valence-corrected chi connectivity index (χ1v) is 8.43. The fourth-order valence-electron chi connectivity index (χ4n) is 2.64. The average molecular weight is 383 g/mol. The third-order valence-corrected chi connectivity index (χ3v) is 4.11. The molecule has 0 saturated heterocycles. The molecule has 1 N–H and O–H groups in total. The highest BCUT2D eigenvalue weighted by atomic mass is 19.4. The van der Waals surface area contributed by atoms with Gasteiger partial charge in [0, 0.05) is 10.9 Å². The van der Waals surface area contributed by atoms with Crippen molar-refractivity contribution in [3.8, 4) is 23.8 Å². The zero-order valence-electron chi connectivity index (χ0n) is 14.9. The normalized spacial score (nSPS) is 12.2. The first-order valence-electron chi connectivity index (χ1n) is 8.43. The van der Waals surface area contributed by atoms with E-state index in [1.807, 2.05) is 6.07 Å². The van der Waals surface area contributed by atoms with E-state index in [9.17, 15) is 18.0 Å². The monoisotopic (exact) mass is 383 g/mol. The van der Waals surface area contributed by atoms with Crippen molar-refractivity contribution >= 4 is 16.7 Å². The van der Waals surface area contributed by atoms with Crippen LogP contribution in [0.25, 0.3) is 10.8 Å². The molecule has 3 aromatic rings. The highest BCUT2D eigenvalue weighted by Crippen LogP contribution is 2.33. The van der Waals surface area contributed by atoms with Gasteiger partial charge in [0.2, 0.25) is 0 Å². The number of carbonyl (C=O) groups excluding carboxylic acids is 1. The van der Waals surface area contributed by atoms with Gasteiger partial charge in [-0.15, -0.1) is 6.42 Å². The molecule has 28 heavy (non-hydrogen) atoms. The second-order valence-corrected chi connectivity index (χ2v) is 6.18. The van der Waals surface area contributed by atoms with Crippen LogP contribution >= 0.6 is 0 Å². The summed E-state index contributed by atoms with van der Waals surface area (Å²) in [6.45, 7) is 1.70. The molecule has 6 heteroatoms. The van der Waals surface area contributed by atoms with E-state index >= 15 is 0 Å². The first kappa shape index (κ1) is 19.3. The number of fused-ring (bicyclic) bond motifs is 1. The average Bonchev–Trinajstić information content (AvgIpc) is 2.67. The molecule has 0 aromatic heterocycles. The second kappa shape index (κ2) is 7.65. The molecule has 1 amide bonds. The van der Waals surface area contributed by atoms with Crippen LogP contribution in [-0.2, 0) is 6.18 Å². The van der Waals surface area contributed by atoms with Crippen LogP contribution in [0.15, 0.2) is 60.7 Å². The third-order valence-electron chi connectivity index (χ3n) is 4.11. The van der Waals surface area contributed by atoms with Gasteiger partial charge in [-0.2, -0.15) is 13.2 Å². The Bertz CT molecular complexity index is 1050. The van der Waals surface area contributed by atoms with Crippen molar-refractivity contribution in [1.29, 1.82) is 0 Å². The van der Waals surface area contributed by atoms with Gasteiger partial charge in [-0.25, -0.2) is 0 Å². The highest BCUT2D eigenvalue weighted by Gasteiger charge is 2.30. The Hall–Kier alpha value is -3.46. The third kappa shape index (κ3) is 4.26. The summed E-state index contributed by atoms with van der Waals surface area (Å²) in [5.74, 6) is 2.90. The SMILES string of the molecule is C#C[C@@H](C)NC(=O)c1ccc2c(Oc3ccc(C(F)(F)F)cc3)cccc2c1. The van der Waals surface area contributed by atoms with E-state index in [2.05, 4.69) is 11.2 Å². The van der Waals surface area contributed by atoms with Gasteiger partial charge >= 0.3 is 6.18 Å². The summed E-state index contributed by atoms with van der Waals surface area (Å²) < 4.78 is 43.8. The van der Waals surface area contributed by atoms with Crippen molar-refractivity contribution in [2.45, 2.75) is 19.1 Å². The standard InChI is InChI=1S/C22H16F3NO2/c1-3-14(2)26-21(27)16-7-12-19-15(13-16)5-4-6-20(19)28-18-10-8-17(9-11-18)22(23,24)25/h1,4-14H,2H3,(H,26,27)/t14-/m1/s1. The lowest BCUT2D eigenvalue weighted by Gasteiger charge is -2.12. The summed E-state index contributed by atoms with van der Waals surface area (Å²) in [7, 11) is 0. The molecule has 142 valence electrons. The van der Waals surface area contributed by atoms with Crippen LogP contribution in [0.2, 0.25) is 0 Å². The van der Waals surface area contributed by atoms with Gasteiger partial charge in [0.05, 0.1) is 11.6 Å². The molecule has 0 fully saturated rings. The topological polar surface area (TPSA) is 38.3 Å². The number of ether oxygens (including phenoxy) is 1. The van der Waals surface area contributed by atoms with Crippen LogP contribution in [0.5, 0.6) is 11.5 Å². The minimum absolute atomic E-state index is 0.283. The number of rotatable bonds is 4. The number of carbonyl (C=O) groups is 1. The molecule has 3 nitrogen and oxygen atoms in total. The van der Waals surface area contributed by atoms with E-state index in [0.717, 1.165) is 22.9 Å². The quantitative estimate of drug-likeness (QED) is 0.613. The summed E-state index contributed by atoms with van der Waals surface area (Å²) in [6.07, 6.45) is 0.875. The maximum absolute atomic E-state index is 12.7. The summed E-state index contributed by atoms with van der Waals surface area (Å²) in [5, 5.41) is 4.17. The highest BCUT2D eigenvalue weighted by molar-refractivity contribution is 6.00. The Kier molecular flexibility index (Phi) is 5.27. The van der Waals surface area contributed by atoms with Crippen molar-refractivity contribution in [2.75, 3.05) is 0 Å². The molecule has 0 radical (unpaired) electrons. The largest absolute Gasteiger partial charge is 0.457 e. The maximum Gasteiger partial charge on any atom is 0.416 e. The Morgan fingerprint density at radius 2 is 1.82 bits per heavy atom. The number of alkyl halides is 3. The lowest BCUT2D eigenvalue weighted by atomic mass is 10.1. The van der Waals surface area contributed by atoms with Gasteiger partial charge in [0.25, 0.3) is 5.91 Å². The second-order valence-electron chi connectivity index (χ2n) is 6.18. The molecule has 0 unspecified atom stereocenters. The number of hydrogen-bond donors (Lipinski definition) is 1. The number of halogens is 3. The fourth-order valence-corrected chi connectivity index (χ4v) is 2.64. The zero-order valence-corrected chi connectivity index (χ0v) is 14.9. The molecule has 3 rings (SSSR count). The van der Waals surface area contributed by atoms with Crippen LogP contribution in [0.1, 0.15) is 22.8 Å². The minimum Gasteiger partial charge on any atom is -0.457 e. The van der Waals surface area contributed by atoms with E-state index in [1.165, 1.54) is 12.1 Å². The van der Waals surface area contributed by atoms with Crippen LogP contribution in [0.4, 0.5) is 13.2 Å². The Labute approximate surface area is 160 Å². The Morgan fingerprint density at radius 1 is 1.11 bits per heavy atom. The number of terminal acetylenes is 1.